The number of hydrogen-bond acceptors (Lipinski definition) is 4. The van der Waals surface area contributed by atoms with Gasteiger partial charge in [-0.25, -0.2) is 4.79 Å². The minimum absolute atomic E-state index is 0.126. The Hall–Kier alpha value is -1.43. The van der Waals surface area contributed by atoms with E-state index in [0.717, 1.165) is 5.76 Å². The third-order valence-electron chi connectivity index (χ3n) is 2.65. The number of carbonyl (C=O) groups is 2. The molecule has 0 radical (unpaired) electrons. The van der Waals surface area contributed by atoms with E-state index in [1.807, 2.05) is 0 Å². The molecule has 1 aromatic rings. The summed E-state index contributed by atoms with van der Waals surface area (Å²) in [6.45, 7) is 0. The minimum atomic E-state index is -0.929. The summed E-state index contributed by atoms with van der Waals surface area (Å²) in [4.78, 5) is 24.2. The molecular formula is C11H13NO4S. The number of hydrogen-bond donors (Lipinski definition) is 1. The second-order valence-electron chi connectivity index (χ2n) is 3.80. The number of amides is 1. The van der Waals surface area contributed by atoms with Crippen LogP contribution in [0.5, 0.6) is 0 Å². The van der Waals surface area contributed by atoms with Crippen LogP contribution in [-0.4, -0.2) is 39.6 Å². The molecule has 2 heterocycles. The fourth-order valence-electron chi connectivity index (χ4n) is 1.72. The van der Waals surface area contributed by atoms with E-state index in [2.05, 4.69) is 0 Å². The number of aliphatic carboxylic acids is 1. The molecule has 1 aromatic heterocycles. The van der Waals surface area contributed by atoms with E-state index < -0.39 is 12.0 Å². The Morgan fingerprint density at radius 3 is 3.06 bits per heavy atom. The highest BCUT2D eigenvalue weighted by molar-refractivity contribution is 7.99. The first-order valence-electron chi connectivity index (χ1n) is 5.31. The van der Waals surface area contributed by atoms with E-state index in [4.69, 9.17) is 9.52 Å². The molecule has 1 atom stereocenters. The zero-order chi connectivity index (χ0) is 12.3. The van der Waals surface area contributed by atoms with Gasteiger partial charge in [0.05, 0.1) is 12.1 Å². The van der Waals surface area contributed by atoms with E-state index in [-0.39, 0.29) is 12.3 Å². The topological polar surface area (TPSA) is 70.8 Å². The SMILES string of the molecule is O=C(O)[C@@H]1CSCN1C(=O)CCc1ccco1. The lowest BCUT2D eigenvalue weighted by molar-refractivity contribution is -0.147. The van der Waals surface area contributed by atoms with Crippen molar-refractivity contribution in [2.24, 2.45) is 0 Å². The van der Waals surface area contributed by atoms with Gasteiger partial charge in [-0.2, -0.15) is 0 Å². The van der Waals surface area contributed by atoms with Crippen molar-refractivity contribution in [3.05, 3.63) is 24.2 Å². The molecule has 0 unspecified atom stereocenters. The molecule has 2 rings (SSSR count). The van der Waals surface area contributed by atoms with Gasteiger partial charge < -0.3 is 14.4 Å². The Kier molecular flexibility index (Phi) is 3.73. The Morgan fingerprint density at radius 2 is 2.41 bits per heavy atom. The molecule has 1 aliphatic heterocycles. The van der Waals surface area contributed by atoms with Gasteiger partial charge in [0.15, 0.2) is 0 Å². The van der Waals surface area contributed by atoms with Gasteiger partial charge in [-0.05, 0) is 12.1 Å². The van der Waals surface area contributed by atoms with E-state index in [0.29, 0.717) is 18.1 Å². The number of rotatable bonds is 4. The summed E-state index contributed by atoms with van der Waals surface area (Å²) < 4.78 is 5.13. The van der Waals surface area contributed by atoms with Gasteiger partial charge in [0, 0.05) is 18.6 Å². The molecule has 0 aromatic carbocycles. The Morgan fingerprint density at radius 1 is 1.59 bits per heavy atom. The molecule has 1 N–H and O–H groups in total. The predicted molar refractivity (Wildman–Crippen MR) is 62.6 cm³/mol. The zero-order valence-electron chi connectivity index (χ0n) is 9.17. The zero-order valence-corrected chi connectivity index (χ0v) is 9.98. The molecule has 17 heavy (non-hydrogen) atoms. The predicted octanol–water partition coefficient (Wildman–Crippen LogP) is 1.20. The molecular weight excluding hydrogens is 242 g/mol. The maximum Gasteiger partial charge on any atom is 0.327 e. The van der Waals surface area contributed by atoms with Crippen LogP contribution in [0.4, 0.5) is 0 Å². The molecule has 1 amide bonds. The van der Waals surface area contributed by atoms with Crippen molar-refractivity contribution in [3.63, 3.8) is 0 Å². The second-order valence-corrected chi connectivity index (χ2v) is 4.80. The van der Waals surface area contributed by atoms with Gasteiger partial charge in [-0.15, -0.1) is 11.8 Å². The van der Waals surface area contributed by atoms with Crippen molar-refractivity contribution >= 4 is 23.6 Å². The molecule has 0 aliphatic carbocycles. The van der Waals surface area contributed by atoms with Crippen molar-refractivity contribution in [1.82, 2.24) is 4.90 Å². The molecule has 6 heteroatoms. The lowest BCUT2D eigenvalue weighted by Crippen LogP contribution is -2.41. The molecule has 0 saturated carbocycles. The second kappa shape index (κ2) is 5.27. The van der Waals surface area contributed by atoms with Crippen molar-refractivity contribution in [3.8, 4) is 0 Å². The number of aryl methyl sites for hydroxylation is 1. The van der Waals surface area contributed by atoms with Crippen LogP contribution in [0.1, 0.15) is 12.2 Å². The average molecular weight is 255 g/mol. The number of nitrogens with zero attached hydrogens (tertiary/aromatic N) is 1. The van der Waals surface area contributed by atoms with Crippen LogP contribution in [0, 0.1) is 0 Å². The summed E-state index contributed by atoms with van der Waals surface area (Å²) in [6.07, 6.45) is 2.36. The minimum Gasteiger partial charge on any atom is -0.480 e. The van der Waals surface area contributed by atoms with Crippen LogP contribution in [-0.2, 0) is 16.0 Å². The van der Waals surface area contributed by atoms with Gasteiger partial charge in [0.25, 0.3) is 0 Å². The van der Waals surface area contributed by atoms with E-state index in [9.17, 15) is 9.59 Å². The van der Waals surface area contributed by atoms with Crippen molar-refractivity contribution < 1.29 is 19.1 Å². The van der Waals surface area contributed by atoms with Crippen molar-refractivity contribution in [1.29, 1.82) is 0 Å². The Labute approximate surface area is 103 Å². The van der Waals surface area contributed by atoms with Crippen LogP contribution < -0.4 is 0 Å². The van der Waals surface area contributed by atoms with Gasteiger partial charge in [-0.3, -0.25) is 4.79 Å². The highest BCUT2D eigenvalue weighted by atomic mass is 32.2. The third kappa shape index (κ3) is 2.82. The van der Waals surface area contributed by atoms with E-state index >= 15 is 0 Å². The smallest absolute Gasteiger partial charge is 0.327 e. The highest BCUT2D eigenvalue weighted by Gasteiger charge is 2.34. The number of thioether (sulfide) groups is 1. The maximum atomic E-state index is 11.9. The first kappa shape index (κ1) is 12.0. The molecule has 1 aliphatic rings. The Balaban J connectivity index is 1.89. The van der Waals surface area contributed by atoms with Crippen LogP contribution in [0.15, 0.2) is 22.8 Å². The quantitative estimate of drug-likeness (QED) is 0.875. The van der Waals surface area contributed by atoms with E-state index in [1.165, 1.54) is 16.7 Å². The summed E-state index contributed by atoms with van der Waals surface area (Å²) in [6, 6.07) is 2.90. The van der Waals surface area contributed by atoms with Crippen LogP contribution in [0.25, 0.3) is 0 Å². The lowest BCUT2D eigenvalue weighted by Gasteiger charge is -2.20. The molecule has 0 spiro atoms. The standard InChI is InChI=1S/C11H13NO4S/c13-10(4-3-8-2-1-5-16-8)12-7-17-6-9(12)11(14)15/h1-2,5,9H,3-4,6-7H2,(H,14,15)/t9-/m0/s1. The number of carbonyl (C=O) groups excluding carboxylic acids is 1. The number of carboxylic acid groups (broad SMARTS) is 1. The fraction of sp³-hybridized carbons (Fsp3) is 0.455. The van der Waals surface area contributed by atoms with Gasteiger partial charge >= 0.3 is 5.97 Å². The highest BCUT2D eigenvalue weighted by Crippen LogP contribution is 2.22. The summed E-state index contributed by atoms with van der Waals surface area (Å²) in [7, 11) is 0. The largest absolute Gasteiger partial charge is 0.480 e. The molecule has 1 fully saturated rings. The summed E-state index contributed by atoms with van der Waals surface area (Å²) in [5.74, 6) is 0.632. The summed E-state index contributed by atoms with van der Waals surface area (Å²) >= 11 is 1.47. The monoisotopic (exact) mass is 255 g/mol. The number of furan rings is 1. The van der Waals surface area contributed by atoms with Crippen molar-refractivity contribution in [2.75, 3.05) is 11.6 Å². The van der Waals surface area contributed by atoms with Crippen LogP contribution in [0.2, 0.25) is 0 Å². The van der Waals surface area contributed by atoms with Crippen LogP contribution >= 0.6 is 11.8 Å². The normalized spacial score (nSPS) is 19.5. The lowest BCUT2D eigenvalue weighted by atomic mass is 10.2. The van der Waals surface area contributed by atoms with Gasteiger partial charge in [-0.1, -0.05) is 0 Å². The summed E-state index contributed by atoms with van der Waals surface area (Å²) in [5, 5.41) is 8.96. The maximum absolute atomic E-state index is 11.9. The molecule has 0 bridgehead atoms. The third-order valence-corrected chi connectivity index (χ3v) is 3.67. The first-order chi connectivity index (χ1) is 8.18. The van der Waals surface area contributed by atoms with Gasteiger partial charge in [0.1, 0.15) is 11.8 Å². The Bertz CT molecular complexity index is 404. The van der Waals surface area contributed by atoms with E-state index in [1.54, 1.807) is 18.4 Å². The molecule has 5 nitrogen and oxygen atoms in total. The average Bonchev–Trinajstić information content (AvgIpc) is 2.96. The first-order valence-corrected chi connectivity index (χ1v) is 6.46. The van der Waals surface area contributed by atoms with Crippen molar-refractivity contribution in [2.45, 2.75) is 18.9 Å². The molecule has 92 valence electrons. The summed E-state index contributed by atoms with van der Waals surface area (Å²) in [5.41, 5.74) is 0. The van der Waals surface area contributed by atoms with Gasteiger partial charge in [0.2, 0.25) is 5.91 Å². The number of carboxylic acids is 1. The van der Waals surface area contributed by atoms with Crippen LogP contribution in [0.3, 0.4) is 0 Å². The molecule has 1 saturated heterocycles. The fourth-order valence-corrected chi connectivity index (χ4v) is 2.89.